The molecule has 21 nitrogen and oxygen atoms in total. The molecule has 0 spiro atoms. The van der Waals surface area contributed by atoms with Gasteiger partial charge in [-0.05, 0) is 441 Å². The molecule has 8 aromatic rings. The number of nitrogens with one attached hydrogen (secondary N) is 3. The molecule has 28 heteroatoms. The quantitative estimate of drug-likeness (QED) is 0.0435. The van der Waals surface area contributed by atoms with Crippen LogP contribution in [0.25, 0.3) is 0 Å². The van der Waals surface area contributed by atoms with Crippen molar-refractivity contribution in [3.63, 3.8) is 0 Å². The highest BCUT2D eigenvalue weighted by Crippen LogP contribution is 2.72. The molecular formula is C117H142ClF5N12O9S. The summed E-state index contributed by atoms with van der Waals surface area (Å²) in [6.07, 6.45) is 40.2. The van der Waals surface area contributed by atoms with E-state index in [1.807, 2.05) is 71.6 Å². The summed E-state index contributed by atoms with van der Waals surface area (Å²) in [6, 6.07) is 42.7. The number of hydrogen-bond donors (Lipinski definition) is 6. The average Bonchev–Trinajstić information content (AvgIpc) is 1.60. The number of tetrazole rings is 2. The summed E-state index contributed by atoms with van der Waals surface area (Å²) in [5.41, 5.74) is 5.86. The molecule has 3 aliphatic heterocycles. The Balaban J connectivity index is 0.0000000935. The number of sulfonamides is 1. The van der Waals surface area contributed by atoms with Crippen molar-refractivity contribution in [2.24, 2.45) is 147 Å². The second-order valence-electron chi connectivity index (χ2n) is 50.5. The van der Waals surface area contributed by atoms with Crippen LogP contribution in [-0.2, 0) is 69.1 Å². The van der Waals surface area contributed by atoms with Crippen LogP contribution in [0.2, 0.25) is 5.02 Å². The number of H-pyrrole nitrogens is 2. The van der Waals surface area contributed by atoms with E-state index in [0.717, 1.165) is 155 Å². The zero-order valence-electron chi connectivity index (χ0n) is 83.4. The van der Waals surface area contributed by atoms with Gasteiger partial charge in [-0.25, -0.2) is 30.4 Å². The highest BCUT2D eigenvalue weighted by molar-refractivity contribution is 7.89. The van der Waals surface area contributed by atoms with Crippen LogP contribution in [0.4, 0.5) is 22.0 Å². The highest BCUT2D eigenvalue weighted by atomic mass is 35.5. The molecule has 3 saturated heterocycles. The number of β-amino-alcohol motifs (C(OH)–C–C–N with tert-alkyl or cyclic N) is 3. The molecule has 24 bridgehead atoms. The van der Waals surface area contributed by atoms with Crippen LogP contribution in [0.15, 0.2) is 146 Å². The van der Waals surface area contributed by atoms with Crippen LogP contribution in [0.1, 0.15) is 257 Å². The Morgan fingerprint density at radius 2 is 0.634 bits per heavy atom. The molecule has 0 unspecified atom stereocenters. The lowest BCUT2D eigenvalue weighted by Crippen LogP contribution is -2.65. The fourth-order valence-electron chi connectivity index (χ4n) is 38.2. The van der Waals surface area contributed by atoms with Crippen molar-refractivity contribution in [3.05, 3.63) is 225 Å². The Hall–Kier alpha value is -8.89. The number of nitrogens with zero attached hydrogens (tertiary/aromatic N) is 9. The van der Waals surface area contributed by atoms with Gasteiger partial charge < -0.3 is 30.0 Å². The van der Waals surface area contributed by atoms with Crippen molar-refractivity contribution in [2.75, 3.05) is 45.5 Å². The van der Waals surface area contributed by atoms with Gasteiger partial charge in [0.2, 0.25) is 33.7 Å². The number of benzene rings is 6. The smallest absolute Gasteiger partial charge is 0.234 e. The summed E-state index contributed by atoms with van der Waals surface area (Å²) in [7, 11) is -3.57. The van der Waals surface area contributed by atoms with Crippen molar-refractivity contribution in [3.8, 4) is 0 Å². The van der Waals surface area contributed by atoms with Gasteiger partial charge in [0.25, 0.3) is 0 Å². The summed E-state index contributed by atoms with van der Waals surface area (Å²) < 4.78 is 92.6. The topological polar surface area (TPSA) is 294 Å². The van der Waals surface area contributed by atoms with E-state index < -0.39 is 15.9 Å². The third-order valence-corrected chi connectivity index (χ3v) is 43.8. The molecule has 24 aliphatic carbocycles. The maximum absolute atomic E-state index is 13.7. The normalized spacial score (nSPS) is 38.7. The van der Waals surface area contributed by atoms with Crippen molar-refractivity contribution in [2.45, 2.75) is 270 Å². The maximum atomic E-state index is 13.7. The van der Waals surface area contributed by atoms with Gasteiger partial charge in [0.1, 0.15) is 29.1 Å². The van der Waals surface area contributed by atoms with Crippen molar-refractivity contribution in [1.82, 2.24) is 60.7 Å². The lowest BCUT2D eigenvalue weighted by molar-refractivity contribution is -0.179. The van der Waals surface area contributed by atoms with E-state index in [0.29, 0.717) is 129 Å². The first kappa shape index (κ1) is 98.1. The molecule has 27 aliphatic rings. The zero-order valence-corrected chi connectivity index (χ0v) is 85.0. The number of halogens is 6. The van der Waals surface area contributed by atoms with Crippen LogP contribution in [0, 0.1) is 177 Å². The number of hydrogen-bond acceptors (Lipinski definition) is 15. The van der Waals surface area contributed by atoms with Crippen LogP contribution in [0.5, 0.6) is 0 Å². The number of carbonyl (C=O) groups excluding carboxylic acids is 4. The Bertz CT molecular complexity index is 5860. The van der Waals surface area contributed by atoms with E-state index in [1.165, 1.54) is 190 Å². The van der Waals surface area contributed by atoms with Crippen molar-refractivity contribution >= 4 is 45.3 Å². The monoisotopic (exact) mass is 2020 g/mol. The Kier molecular flexibility index (Phi) is 26.1. The van der Waals surface area contributed by atoms with Gasteiger partial charge in [-0.2, -0.15) is 10.4 Å². The van der Waals surface area contributed by atoms with E-state index in [2.05, 4.69) is 52.0 Å². The first-order valence-electron chi connectivity index (χ1n) is 55.3. The van der Waals surface area contributed by atoms with E-state index in [9.17, 15) is 64.9 Å². The van der Waals surface area contributed by atoms with Crippen molar-refractivity contribution < 1.29 is 64.9 Å². The average molecular weight is 2020 g/mol. The second-order valence-corrected chi connectivity index (χ2v) is 52.7. The van der Waals surface area contributed by atoms with Gasteiger partial charge >= 0.3 is 0 Å². The molecule has 145 heavy (non-hydrogen) atoms. The lowest BCUT2D eigenvalue weighted by Gasteiger charge is -2.62. The number of amides is 4. The molecular weight excluding hydrogens is 1880 g/mol. The predicted octanol–water partition coefficient (Wildman–Crippen LogP) is 19.1. The van der Waals surface area contributed by atoms with Crippen molar-refractivity contribution in [1.29, 1.82) is 0 Å². The van der Waals surface area contributed by atoms with E-state index in [-0.39, 0.29) is 98.1 Å². The summed E-state index contributed by atoms with van der Waals surface area (Å²) in [4.78, 5) is 57.6. The first-order chi connectivity index (χ1) is 69.9. The van der Waals surface area contributed by atoms with Crippen LogP contribution < -0.4 is 4.72 Å². The van der Waals surface area contributed by atoms with Gasteiger partial charge in [-0.1, -0.05) is 101 Å². The summed E-state index contributed by atoms with van der Waals surface area (Å²) >= 11 is 6.49. The van der Waals surface area contributed by atoms with Gasteiger partial charge in [-0.3, -0.25) is 23.9 Å². The van der Waals surface area contributed by atoms with Gasteiger partial charge in [0.15, 0.2) is 11.6 Å². The molecule has 2 aromatic heterocycles. The van der Waals surface area contributed by atoms with Crippen LogP contribution in [-0.4, -0.2) is 167 Å². The van der Waals surface area contributed by atoms with Gasteiger partial charge in [0, 0.05) is 91.6 Å². The third-order valence-electron chi connectivity index (χ3n) is 42.9. The van der Waals surface area contributed by atoms with Gasteiger partial charge in [-0.15, -0.1) is 20.4 Å². The molecule has 4 amide bonds. The van der Waals surface area contributed by atoms with E-state index >= 15 is 0 Å². The minimum Gasteiger partial charge on any atom is -0.389 e. The molecule has 772 valence electrons. The van der Waals surface area contributed by atoms with Crippen LogP contribution in [0.3, 0.4) is 0 Å². The molecule has 27 fully saturated rings. The largest absolute Gasteiger partial charge is 0.389 e. The summed E-state index contributed by atoms with van der Waals surface area (Å²) in [5.74, 6) is 17.1. The fourth-order valence-corrected chi connectivity index (χ4v) is 38.9. The Morgan fingerprint density at radius 1 is 0.352 bits per heavy atom. The molecule has 6 aromatic carbocycles. The fraction of sp³-hybridized carbons (Fsp3) is 0.641. The number of aromatic amines is 2. The lowest BCUT2D eigenvalue weighted by atomic mass is 9.43. The Labute approximate surface area is 853 Å². The number of aliphatic hydroxyl groups is 3. The molecule has 6 N–H and O–H groups in total. The van der Waals surface area contributed by atoms with E-state index in [1.54, 1.807) is 70.5 Å². The molecule has 0 radical (unpaired) electrons. The molecule has 35 rings (SSSR count). The third kappa shape index (κ3) is 17.9. The minimum absolute atomic E-state index is 0.0605. The molecule has 0 atom stereocenters. The highest BCUT2D eigenvalue weighted by Gasteiger charge is 2.67. The number of carbonyl (C=O) groups is 4. The predicted molar refractivity (Wildman–Crippen MR) is 536 cm³/mol. The minimum atomic E-state index is -3.57. The number of aromatic nitrogens is 8. The standard InChI is InChI=1S/C21H26ClNO2.2C21H26FNO2.C19H24FNO3S.C18H21FN4.C17H19FN4/c22-19-4-2-1-3-15(19)10-21(20(25)23-11-18(24)12-23)16-6-13-5-14(8-16)9-17(21)7-13;2*22-18-3-1-15(2-4-18)21(10-20(25)23-11-19(24)12-23)16-6-13-5-14(8-16)9-17(21)7-13;1-25(23,24)21-18(22)11-19(14-2-4-17(20)5-3-14)15-7-12-6-13(9-15)10-16(19)8-12;19-16-3-1-13(2-4-16)18(10-17-20-22-23-21-17)14-6-11-5-12(8-14)9-15(18)7-11;18-15-3-1-12(2-4-15)17(16-19-21-22-20-16)13-6-10-5-11(8-13)9-14(17)7-10/h1-4,13-14,16-18,24H,5-12H2;2*1-4,13-14,16-17,19,24H,5-12H2;2-5,12-13,15-16H,6-11H2,1H3,(H,21,22);1-4,11-12,14-15H,5-10H2,(H,20,21,22,23);1-4,10-11,13-14H,5-9H2,(H,19,20,21,22). The van der Waals surface area contributed by atoms with Gasteiger partial charge in [0.05, 0.1) is 35.4 Å². The SMILES string of the molecule is CS(=O)(=O)NC(=O)CC1(c2ccc(F)cc2)C2CC3CC(C2)CC1C3.Fc1ccc(C2(Cc3nn[nH]n3)C3CC4CC(C3)CC2C4)cc1.Fc1ccc(C2(c3nn[nH]n3)C3CC4CC(C3)CC2C4)cc1.O=C(CC1(c2ccc(F)cc2)C2CC3CC(C2)CC1C3)N1CC(O)C1.O=C(CC1(c2ccc(F)cc2)C2CC3CC(C2)CC1C3)N1CC(O)C1.O=C(N1CC(O)C1)C1(Cc2ccccc2Cl)C2CC3CC(C2)CC1C3. The summed E-state index contributed by atoms with van der Waals surface area (Å²) in [6.45, 7) is 2.90. The van der Waals surface area contributed by atoms with E-state index in [4.69, 9.17) is 11.6 Å². The first-order valence-corrected chi connectivity index (χ1v) is 57.6. The molecule has 24 saturated carbocycles. The summed E-state index contributed by atoms with van der Waals surface area (Å²) in [5, 5.41) is 59.7. The van der Waals surface area contributed by atoms with Crippen LogP contribution >= 0.6 is 11.6 Å². The number of aliphatic hydroxyl groups excluding tert-OH is 3. The number of likely N-dealkylation sites (tertiary alicyclic amines) is 3. The maximum Gasteiger partial charge on any atom is 0.234 e. The zero-order chi connectivity index (χ0) is 99.5. The molecule has 5 heterocycles. The number of rotatable bonds is 18. The second kappa shape index (κ2) is 38.5. The Morgan fingerprint density at radius 3 is 0.938 bits per heavy atom.